The molecule has 1 aliphatic heterocycles. The number of ketones is 1. The second kappa shape index (κ2) is 11.1. The highest BCUT2D eigenvalue weighted by Gasteiger charge is 2.22. The summed E-state index contributed by atoms with van der Waals surface area (Å²) in [5.74, 6) is 1.08. The number of hydrogen-bond donors (Lipinski definition) is 0. The molecule has 27 heavy (non-hydrogen) atoms. The Hall–Kier alpha value is -1.000. The minimum atomic E-state index is 0.287. The fourth-order valence-electron chi connectivity index (χ4n) is 3.69. The average molecular weight is 392 g/mol. The van der Waals surface area contributed by atoms with Gasteiger partial charge in [0.2, 0.25) is 0 Å². The molecule has 1 heterocycles. The van der Waals surface area contributed by atoms with Crippen LogP contribution in [0.25, 0.3) is 0 Å². The van der Waals surface area contributed by atoms with Crippen molar-refractivity contribution in [2.45, 2.75) is 84.2 Å². The molecule has 0 amide bonds. The van der Waals surface area contributed by atoms with E-state index in [2.05, 4.69) is 57.7 Å². The summed E-state index contributed by atoms with van der Waals surface area (Å²) < 4.78 is 5.84. The fourth-order valence-corrected chi connectivity index (χ4v) is 4.36. The van der Waals surface area contributed by atoms with E-state index in [1.54, 1.807) is 11.8 Å². The van der Waals surface area contributed by atoms with Gasteiger partial charge in [-0.05, 0) is 68.5 Å². The topological polar surface area (TPSA) is 29.5 Å². The highest BCUT2D eigenvalue weighted by Crippen LogP contribution is 2.24. The summed E-state index contributed by atoms with van der Waals surface area (Å²) >= 11 is 1.75. The SMILES string of the molecule is Cc1cc(N2C[C@@H](C)O[C@@H](C)C2)ccc1CCCCCC(=O)CSC(C)C. The minimum absolute atomic E-state index is 0.287. The van der Waals surface area contributed by atoms with E-state index in [0.29, 0.717) is 16.8 Å². The van der Waals surface area contributed by atoms with Crippen LogP contribution >= 0.6 is 11.8 Å². The summed E-state index contributed by atoms with van der Waals surface area (Å²) in [5.41, 5.74) is 4.13. The van der Waals surface area contributed by atoms with Crippen molar-refractivity contribution in [1.29, 1.82) is 0 Å². The maximum atomic E-state index is 11.8. The standard InChI is InChI=1S/C23H37NO2S/c1-17(2)27-16-23(25)10-8-6-7-9-21-11-12-22(13-18(21)3)24-14-19(4)26-20(5)15-24/h11-13,17,19-20H,6-10,14-16H2,1-5H3/t19-,20+. The van der Waals surface area contributed by atoms with E-state index in [1.807, 2.05) is 0 Å². The lowest BCUT2D eigenvalue weighted by Gasteiger charge is -2.37. The van der Waals surface area contributed by atoms with Crippen LogP contribution in [-0.4, -0.2) is 42.1 Å². The Balaban J connectivity index is 1.74. The van der Waals surface area contributed by atoms with Crippen LogP contribution in [0.1, 0.15) is 64.5 Å². The van der Waals surface area contributed by atoms with Crippen molar-refractivity contribution in [3.8, 4) is 0 Å². The van der Waals surface area contributed by atoms with Crippen LogP contribution in [-0.2, 0) is 16.0 Å². The molecule has 2 rings (SSSR count). The molecule has 1 fully saturated rings. The molecule has 1 saturated heterocycles. The number of anilines is 1. The van der Waals surface area contributed by atoms with Crippen molar-refractivity contribution in [1.82, 2.24) is 0 Å². The summed E-state index contributed by atoms with van der Waals surface area (Å²) in [5, 5.41) is 0.545. The Morgan fingerprint density at radius 3 is 2.52 bits per heavy atom. The molecule has 0 N–H and O–H groups in total. The Bertz CT molecular complexity index is 592. The van der Waals surface area contributed by atoms with Crippen molar-refractivity contribution in [3.63, 3.8) is 0 Å². The zero-order valence-electron chi connectivity index (χ0n) is 17.8. The Kier molecular flexibility index (Phi) is 9.17. The van der Waals surface area contributed by atoms with Crippen molar-refractivity contribution in [2.24, 2.45) is 0 Å². The van der Waals surface area contributed by atoms with Crippen LogP contribution < -0.4 is 4.90 Å². The van der Waals surface area contributed by atoms with Gasteiger partial charge in [-0.3, -0.25) is 4.79 Å². The monoisotopic (exact) mass is 391 g/mol. The number of ether oxygens (including phenoxy) is 1. The lowest BCUT2D eigenvalue weighted by atomic mass is 10.00. The van der Waals surface area contributed by atoms with Crippen LogP contribution in [0.15, 0.2) is 18.2 Å². The van der Waals surface area contributed by atoms with Gasteiger partial charge in [0.1, 0.15) is 5.78 Å². The molecule has 0 radical (unpaired) electrons. The summed E-state index contributed by atoms with van der Waals surface area (Å²) in [7, 11) is 0. The van der Waals surface area contributed by atoms with Crippen LogP contribution in [0.3, 0.4) is 0 Å². The Morgan fingerprint density at radius 1 is 1.19 bits per heavy atom. The molecule has 0 aromatic heterocycles. The predicted octanol–water partition coefficient (Wildman–Crippen LogP) is 5.42. The van der Waals surface area contributed by atoms with Crippen molar-refractivity contribution in [3.05, 3.63) is 29.3 Å². The quantitative estimate of drug-likeness (QED) is 0.498. The lowest BCUT2D eigenvalue weighted by molar-refractivity contribution is -0.116. The van der Waals surface area contributed by atoms with Crippen LogP contribution in [0, 0.1) is 6.92 Å². The van der Waals surface area contributed by atoms with Gasteiger partial charge in [-0.2, -0.15) is 11.8 Å². The number of nitrogens with zero attached hydrogens (tertiary/aromatic N) is 1. The molecule has 0 aliphatic carbocycles. The number of thioether (sulfide) groups is 1. The number of Topliss-reactive ketones (excluding diaryl/α,β-unsaturated/α-hetero) is 1. The van der Waals surface area contributed by atoms with Crippen LogP contribution in [0.4, 0.5) is 5.69 Å². The van der Waals surface area contributed by atoms with E-state index in [-0.39, 0.29) is 12.2 Å². The molecular formula is C23H37NO2S. The Morgan fingerprint density at radius 2 is 1.89 bits per heavy atom. The normalized spacial score (nSPS) is 20.3. The first-order valence-electron chi connectivity index (χ1n) is 10.5. The molecule has 2 atom stereocenters. The second-order valence-corrected chi connectivity index (χ2v) is 9.80. The van der Waals surface area contributed by atoms with Crippen molar-refractivity contribution < 1.29 is 9.53 Å². The van der Waals surface area contributed by atoms with Gasteiger partial charge < -0.3 is 9.64 Å². The summed E-state index contributed by atoms with van der Waals surface area (Å²) in [6.45, 7) is 12.7. The van der Waals surface area contributed by atoms with E-state index < -0.39 is 0 Å². The lowest BCUT2D eigenvalue weighted by Crippen LogP contribution is -2.45. The summed E-state index contributed by atoms with van der Waals surface area (Å²) in [6.07, 6.45) is 5.75. The minimum Gasteiger partial charge on any atom is -0.372 e. The third-order valence-electron chi connectivity index (χ3n) is 5.09. The second-order valence-electron chi connectivity index (χ2n) is 8.23. The molecule has 4 heteroatoms. The number of hydrogen-bond acceptors (Lipinski definition) is 4. The number of benzene rings is 1. The molecule has 0 bridgehead atoms. The Labute approximate surface area is 170 Å². The molecule has 1 aromatic carbocycles. The predicted molar refractivity (Wildman–Crippen MR) is 118 cm³/mol. The van der Waals surface area contributed by atoms with Crippen LogP contribution in [0.5, 0.6) is 0 Å². The highest BCUT2D eigenvalue weighted by molar-refractivity contribution is 8.00. The molecule has 3 nitrogen and oxygen atoms in total. The van der Waals surface area contributed by atoms with Gasteiger partial charge in [0.05, 0.1) is 18.0 Å². The molecule has 0 spiro atoms. The molecule has 1 aromatic rings. The summed E-state index contributed by atoms with van der Waals surface area (Å²) in [4.78, 5) is 14.3. The summed E-state index contributed by atoms with van der Waals surface area (Å²) in [6, 6.07) is 6.88. The van der Waals surface area contributed by atoms with Crippen LogP contribution in [0.2, 0.25) is 0 Å². The van der Waals surface area contributed by atoms with Gasteiger partial charge in [0.15, 0.2) is 0 Å². The fraction of sp³-hybridized carbons (Fsp3) is 0.696. The van der Waals surface area contributed by atoms with E-state index >= 15 is 0 Å². The van der Waals surface area contributed by atoms with E-state index in [0.717, 1.165) is 45.2 Å². The highest BCUT2D eigenvalue weighted by atomic mass is 32.2. The maximum absolute atomic E-state index is 11.8. The largest absolute Gasteiger partial charge is 0.372 e. The molecule has 0 saturated carbocycles. The van der Waals surface area contributed by atoms with Gasteiger partial charge in [0.25, 0.3) is 0 Å². The van der Waals surface area contributed by atoms with Gasteiger partial charge >= 0.3 is 0 Å². The first-order chi connectivity index (χ1) is 12.8. The molecule has 1 aliphatic rings. The first-order valence-corrected chi connectivity index (χ1v) is 11.5. The van der Waals surface area contributed by atoms with Crippen molar-refractivity contribution >= 4 is 23.2 Å². The van der Waals surface area contributed by atoms with Crippen molar-refractivity contribution in [2.75, 3.05) is 23.7 Å². The average Bonchev–Trinajstić information content (AvgIpc) is 2.60. The molecular weight excluding hydrogens is 354 g/mol. The third-order valence-corrected chi connectivity index (χ3v) is 6.25. The zero-order valence-corrected chi connectivity index (χ0v) is 18.6. The number of rotatable bonds is 10. The molecule has 152 valence electrons. The van der Waals surface area contributed by atoms with Gasteiger partial charge in [-0.1, -0.05) is 26.3 Å². The smallest absolute Gasteiger partial charge is 0.142 e. The number of morpholine rings is 1. The number of unbranched alkanes of at least 4 members (excludes halogenated alkanes) is 2. The van der Waals surface area contributed by atoms with Gasteiger partial charge in [-0.25, -0.2) is 0 Å². The van der Waals surface area contributed by atoms with E-state index in [1.165, 1.54) is 16.8 Å². The molecule has 0 unspecified atom stereocenters. The number of aryl methyl sites for hydroxylation is 2. The van der Waals surface area contributed by atoms with Gasteiger partial charge in [-0.15, -0.1) is 0 Å². The van der Waals surface area contributed by atoms with E-state index in [4.69, 9.17) is 4.74 Å². The van der Waals surface area contributed by atoms with E-state index in [9.17, 15) is 4.79 Å². The third kappa shape index (κ3) is 7.87. The zero-order chi connectivity index (χ0) is 19.8. The number of carbonyl (C=O) groups excluding carboxylic acids is 1. The maximum Gasteiger partial charge on any atom is 0.142 e. The first kappa shape index (κ1) is 22.3. The number of carbonyl (C=O) groups is 1. The van der Waals surface area contributed by atoms with Gasteiger partial charge in [0, 0.05) is 25.2 Å².